The van der Waals surface area contributed by atoms with Crippen molar-refractivity contribution < 1.29 is 38.1 Å². The average Bonchev–Trinajstić information content (AvgIpc) is 2.68. The number of aromatic nitrogens is 1. The summed E-state index contributed by atoms with van der Waals surface area (Å²) in [5, 5.41) is 0. The first-order chi connectivity index (χ1) is 13.0. The van der Waals surface area contributed by atoms with Crippen molar-refractivity contribution in [3.63, 3.8) is 0 Å². The second-order valence-corrected chi connectivity index (χ2v) is 6.20. The quantitative estimate of drug-likeness (QED) is 0.579. The molecule has 0 spiro atoms. The Morgan fingerprint density at radius 1 is 1.15 bits per heavy atom. The standard InChI is InChI=1S/C17H25NO8S/c1-20-10-11-13(21-2)14(22-3)15(23-4)17(24-5,25-11)16(19)26-18-9-7-6-8-12(18)27/h6-9,11,13-15H,10H2,1-5H3/t11-,13-,14+,15+,17-/m1/s1. The van der Waals surface area contributed by atoms with Crippen molar-refractivity contribution in [2.24, 2.45) is 0 Å². The number of hydrogen-bond acceptors (Lipinski definition) is 9. The van der Waals surface area contributed by atoms with Crippen LogP contribution in [0, 0.1) is 4.64 Å². The van der Waals surface area contributed by atoms with E-state index in [0.717, 1.165) is 4.73 Å². The monoisotopic (exact) mass is 403 g/mol. The SMILES string of the molecule is COC[C@H]1O[C@@](OC)(C(=O)On2ccccc2=S)[C@@H](OC)[C@@H](OC)[C@@H]1OC. The van der Waals surface area contributed by atoms with E-state index in [1.54, 1.807) is 18.2 Å². The van der Waals surface area contributed by atoms with Crippen LogP contribution in [0.3, 0.4) is 0 Å². The fourth-order valence-corrected chi connectivity index (χ4v) is 3.31. The lowest BCUT2D eigenvalue weighted by Crippen LogP contribution is -2.71. The van der Waals surface area contributed by atoms with Crippen LogP contribution in [-0.4, -0.2) is 83.1 Å². The van der Waals surface area contributed by atoms with Crippen molar-refractivity contribution in [2.45, 2.75) is 30.2 Å². The lowest BCUT2D eigenvalue weighted by atomic mass is 9.91. The summed E-state index contributed by atoms with van der Waals surface area (Å²) in [5.74, 6) is -2.77. The summed E-state index contributed by atoms with van der Waals surface area (Å²) in [6.07, 6.45) is -1.39. The highest BCUT2D eigenvalue weighted by Gasteiger charge is 2.62. The van der Waals surface area contributed by atoms with Gasteiger partial charge in [-0.15, -0.1) is 0 Å². The molecule has 0 radical (unpaired) electrons. The largest absolute Gasteiger partial charge is 0.395 e. The molecule has 1 fully saturated rings. The highest BCUT2D eigenvalue weighted by Crippen LogP contribution is 2.36. The number of carbonyl (C=O) groups excluding carboxylic acids is 1. The molecule has 2 rings (SSSR count). The highest BCUT2D eigenvalue weighted by molar-refractivity contribution is 7.71. The third kappa shape index (κ3) is 4.21. The molecule has 27 heavy (non-hydrogen) atoms. The van der Waals surface area contributed by atoms with Crippen molar-refractivity contribution in [3.8, 4) is 0 Å². The molecular formula is C17H25NO8S. The van der Waals surface area contributed by atoms with Gasteiger partial charge in [-0.25, -0.2) is 4.79 Å². The molecule has 2 heterocycles. The zero-order valence-corrected chi connectivity index (χ0v) is 16.8. The van der Waals surface area contributed by atoms with Crippen LogP contribution >= 0.6 is 12.2 Å². The van der Waals surface area contributed by atoms with Gasteiger partial charge in [0.15, 0.2) is 6.10 Å². The van der Waals surface area contributed by atoms with E-state index in [-0.39, 0.29) is 6.61 Å². The Kier molecular flexibility index (Phi) is 7.86. The molecule has 9 nitrogen and oxygen atoms in total. The zero-order chi connectivity index (χ0) is 20.0. The maximum atomic E-state index is 13.1. The summed E-state index contributed by atoms with van der Waals surface area (Å²) in [6.45, 7) is 0.137. The maximum absolute atomic E-state index is 13.1. The second kappa shape index (κ2) is 9.69. The van der Waals surface area contributed by atoms with Gasteiger partial charge in [-0.3, -0.25) is 0 Å². The van der Waals surface area contributed by atoms with Gasteiger partial charge >= 0.3 is 11.8 Å². The molecule has 10 heteroatoms. The summed E-state index contributed by atoms with van der Waals surface area (Å²) in [5.41, 5.74) is 0. The maximum Gasteiger partial charge on any atom is 0.395 e. The lowest BCUT2D eigenvalue weighted by Gasteiger charge is -2.48. The molecular weight excluding hydrogens is 378 g/mol. The van der Waals surface area contributed by atoms with Crippen molar-refractivity contribution in [3.05, 3.63) is 29.0 Å². The van der Waals surface area contributed by atoms with Gasteiger partial charge in [0.1, 0.15) is 23.0 Å². The van der Waals surface area contributed by atoms with Crippen molar-refractivity contribution in [2.75, 3.05) is 42.2 Å². The van der Waals surface area contributed by atoms with Crippen LogP contribution in [0.2, 0.25) is 0 Å². The molecule has 1 aromatic heterocycles. The van der Waals surface area contributed by atoms with E-state index in [4.69, 9.17) is 45.5 Å². The molecule has 1 aliphatic heterocycles. The Morgan fingerprint density at radius 3 is 2.37 bits per heavy atom. The van der Waals surface area contributed by atoms with Gasteiger partial charge in [-0.1, -0.05) is 18.3 Å². The van der Waals surface area contributed by atoms with Gasteiger partial charge in [-0.2, -0.15) is 4.73 Å². The fourth-order valence-electron chi connectivity index (χ4n) is 3.14. The molecule has 152 valence electrons. The predicted molar refractivity (Wildman–Crippen MR) is 95.7 cm³/mol. The van der Waals surface area contributed by atoms with Gasteiger partial charge < -0.3 is 33.3 Å². The van der Waals surface area contributed by atoms with E-state index >= 15 is 0 Å². The minimum atomic E-state index is -1.92. The van der Waals surface area contributed by atoms with Crippen LogP contribution in [-0.2, 0) is 33.2 Å². The number of methoxy groups -OCH3 is 5. The normalized spacial score (nSPS) is 30.9. The molecule has 1 aromatic rings. The van der Waals surface area contributed by atoms with Gasteiger partial charge in [-0.05, 0) is 12.1 Å². The molecule has 5 atom stereocenters. The smallest absolute Gasteiger partial charge is 0.382 e. The Balaban J connectivity index is 2.44. The van der Waals surface area contributed by atoms with E-state index < -0.39 is 36.2 Å². The Labute approximate surface area is 163 Å². The first kappa shape index (κ1) is 21.9. The number of hydrogen-bond donors (Lipinski definition) is 0. The van der Waals surface area contributed by atoms with E-state index in [2.05, 4.69) is 0 Å². The van der Waals surface area contributed by atoms with Gasteiger partial charge in [0.2, 0.25) is 0 Å². The average molecular weight is 403 g/mol. The molecule has 1 aliphatic rings. The van der Waals surface area contributed by atoms with Crippen LogP contribution < -0.4 is 4.84 Å². The molecule has 0 unspecified atom stereocenters. The van der Waals surface area contributed by atoms with Crippen molar-refractivity contribution >= 4 is 18.2 Å². The number of pyridine rings is 1. The Bertz CT molecular complexity index is 683. The molecule has 0 saturated carbocycles. The number of ether oxygens (including phenoxy) is 6. The number of rotatable bonds is 8. The molecule has 0 aliphatic carbocycles. The molecule has 0 N–H and O–H groups in total. The lowest BCUT2D eigenvalue weighted by molar-refractivity contribution is -0.355. The first-order valence-electron chi connectivity index (χ1n) is 8.19. The van der Waals surface area contributed by atoms with Gasteiger partial charge in [0.05, 0.1) is 6.61 Å². The van der Waals surface area contributed by atoms with Crippen LogP contribution in [0.4, 0.5) is 0 Å². The number of nitrogens with zero attached hydrogens (tertiary/aromatic N) is 1. The predicted octanol–water partition coefficient (Wildman–Crippen LogP) is 0.606. The summed E-state index contributed by atoms with van der Waals surface area (Å²) in [7, 11) is 7.24. The third-order valence-electron chi connectivity index (χ3n) is 4.38. The van der Waals surface area contributed by atoms with Crippen LogP contribution in [0.5, 0.6) is 0 Å². The third-order valence-corrected chi connectivity index (χ3v) is 4.69. The van der Waals surface area contributed by atoms with Crippen LogP contribution in [0.15, 0.2) is 24.4 Å². The van der Waals surface area contributed by atoms with Crippen LogP contribution in [0.1, 0.15) is 0 Å². The van der Waals surface area contributed by atoms with E-state index in [9.17, 15) is 4.79 Å². The highest BCUT2D eigenvalue weighted by atomic mass is 32.1. The van der Waals surface area contributed by atoms with Gasteiger partial charge in [0, 0.05) is 41.7 Å². The molecule has 0 aromatic carbocycles. The van der Waals surface area contributed by atoms with Crippen LogP contribution in [0.25, 0.3) is 0 Å². The fraction of sp³-hybridized carbons (Fsp3) is 0.647. The van der Waals surface area contributed by atoms with Crippen molar-refractivity contribution in [1.82, 2.24) is 4.73 Å². The summed E-state index contributed by atoms with van der Waals surface area (Å²) >= 11 is 5.16. The minimum Gasteiger partial charge on any atom is -0.382 e. The first-order valence-corrected chi connectivity index (χ1v) is 8.60. The summed E-state index contributed by atoms with van der Waals surface area (Å²) < 4.78 is 34.7. The second-order valence-electron chi connectivity index (χ2n) is 5.78. The van der Waals surface area contributed by atoms with E-state index in [1.807, 2.05) is 0 Å². The molecule has 0 amide bonds. The summed E-state index contributed by atoms with van der Waals surface area (Å²) in [4.78, 5) is 18.5. The Morgan fingerprint density at radius 2 is 1.85 bits per heavy atom. The van der Waals surface area contributed by atoms with Crippen molar-refractivity contribution in [1.29, 1.82) is 0 Å². The summed E-state index contributed by atoms with van der Waals surface area (Å²) in [6, 6.07) is 5.02. The zero-order valence-electron chi connectivity index (χ0n) is 15.9. The minimum absolute atomic E-state index is 0.137. The van der Waals surface area contributed by atoms with E-state index in [0.29, 0.717) is 4.64 Å². The van der Waals surface area contributed by atoms with Gasteiger partial charge in [0.25, 0.3) is 0 Å². The molecule has 1 saturated heterocycles. The number of carbonyl (C=O) groups is 1. The molecule has 0 bridgehead atoms. The van der Waals surface area contributed by atoms with E-state index in [1.165, 1.54) is 41.7 Å². The topological polar surface area (TPSA) is 86.6 Å². The Hall–Kier alpha value is -1.40.